The fraction of sp³-hybridized carbons (Fsp3) is 0.750. The van der Waals surface area contributed by atoms with Gasteiger partial charge < -0.3 is 14.1 Å². The molecule has 1 fully saturated rings. The van der Waals surface area contributed by atoms with Crippen molar-refractivity contribution < 1.29 is 9.15 Å². The Bertz CT molecular complexity index is 390. The second-order valence-corrected chi connectivity index (χ2v) is 6.06. The second kappa shape index (κ2) is 7.81. The first kappa shape index (κ1) is 15.5. The zero-order valence-electron chi connectivity index (χ0n) is 13.1. The highest BCUT2D eigenvalue weighted by Gasteiger charge is 2.20. The van der Waals surface area contributed by atoms with Crippen molar-refractivity contribution in [3.05, 3.63) is 23.7 Å². The molecule has 4 heteroatoms. The zero-order valence-corrected chi connectivity index (χ0v) is 13.1. The summed E-state index contributed by atoms with van der Waals surface area (Å²) in [6.07, 6.45) is 2.17. The topological polar surface area (TPSA) is 28.9 Å². The van der Waals surface area contributed by atoms with Crippen LogP contribution in [0.15, 0.2) is 16.5 Å². The second-order valence-electron chi connectivity index (χ2n) is 6.06. The van der Waals surface area contributed by atoms with E-state index in [2.05, 4.69) is 43.0 Å². The summed E-state index contributed by atoms with van der Waals surface area (Å²) in [7, 11) is 4.25. The van der Waals surface area contributed by atoms with Crippen molar-refractivity contribution in [1.29, 1.82) is 0 Å². The molecule has 0 aromatic carbocycles. The van der Waals surface area contributed by atoms with Gasteiger partial charge >= 0.3 is 0 Å². The number of hydrogen-bond acceptors (Lipinski definition) is 4. The van der Waals surface area contributed by atoms with Crippen molar-refractivity contribution in [2.24, 2.45) is 5.92 Å². The van der Waals surface area contributed by atoms with Crippen LogP contribution >= 0.6 is 0 Å². The number of nitrogens with zero attached hydrogens (tertiary/aromatic N) is 2. The third kappa shape index (κ3) is 4.93. The summed E-state index contributed by atoms with van der Waals surface area (Å²) in [6.45, 7) is 7.93. The quantitative estimate of drug-likeness (QED) is 0.799. The molecule has 1 aromatic heterocycles. The van der Waals surface area contributed by atoms with Crippen LogP contribution in [-0.4, -0.2) is 56.7 Å². The number of aryl methyl sites for hydroxylation is 1. The van der Waals surface area contributed by atoms with E-state index in [1.807, 2.05) is 0 Å². The number of rotatable bonds is 6. The average Bonchev–Trinajstić information content (AvgIpc) is 2.69. The van der Waals surface area contributed by atoms with E-state index in [1.165, 1.54) is 0 Å². The van der Waals surface area contributed by atoms with Gasteiger partial charge in [0.2, 0.25) is 0 Å². The molecule has 20 heavy (non-hydrogen) atoms. The maximum absolute atomic E-state index is 5.89. The summed E-state index contributed by atoms with van der Waals surface area (Å²) in [5.74, 6) is 2.77. The Hall–Kier alpha value is -0.840. The Kier molecular flexibility index (Phi) is 6.07. The molecular weight excluding hydrogens is 252 g/mol. The van der Waals surface area contributed by atoms with Crippen molar-refractivity contribution in [3.63, 3.8) is 0 Å². The predicted molar refractivity (Wildman–Crippen MR) is 80.8 cm³/mol. The van der Waals surface area contributed by atoms with Crippen molar-refractivity contribution in [2.45, 2.75) is 26.3 Å². The van der Waals surface area contributed by atoms with Crippen LogP contribution in [0.3, 0.4) is 0 Å². The molecule has 0 aliphatic carbocycles. The lowest BCUT2D eigenvalue weighted by Gasteiger charge is -2.24. The highest BCUT2D eigenvalue weighted by molar-refractivity contribution is 5.07. The van der Waals surface area contributed by atoms with E-state index >= 15 is 0 Å². The maximum atomic E-state index is 5.89. The molecule has 1 aliphatic rings. The van der Waals surface area contributed by atoms with E-state index in [0.29, 0.717) is 5.92 Å². The Morgan fingerprint density at radius 2 is 2.10 bits per heavy atom. The lowest BCUT2D eigenvalue weighted by Crippen LogP contribution is -2.34. The Balaban J connectivity index is 1.89. The van der Waals surface area contributed by atoms with Crippen LogP contribution in [0.4, 0.5) is 0 Å². The largest absolute Gasteiger partial charge is 0.465 e. The molecule has 0 saturated carbocycles. The fourth-order valence-electron chi connectivity index (χ4n) is 2.83. The minimum absolute atomic E-state index is 0.581. The Morgan fingerprint density at radius 3 is 2.85 bits per heavy atom. The molecule has 114 valence electrons. The number of hydrogen-bond donors (Lipinski definition) is 0. The highest BCUT2D eigenvalue weighted by Crippen LogP contribution is 2.15. The maximum Gasteiger partial charge on any atom is 0.118 e. The zero-order chi connectivity index (χ0) is 14.4. The summed E-state index contributed by atoms with van der Waals surface area (Å²) in [5.41, 5.74) is 0. The molecule has 1 atom stereocenters. The summed E-state index contributed by atoms with van der Waals surface area (Å²) in [6, 6.07) is 4.24. The highest BCUT2D eigenvalue weighted by atomic mass is 16.5. The summed E-state index contributed by atoms with van der Waals surface area (Å²) in [5, 5.41) is 0. The van der Waals surface area contributed by atoms with Gasteiger partial charge in [0.05, 0.1) is 19.8 Å². The lowest BCUT2D eigenvalue weighted by atomic mass is 10.1. The molecule has 2 rings (SSSR count). The van der Waals surface area contributed by atoms with Crippen LogP contribution in [0.5, 0.6) is 0 Å². The molecule has 0 bridgehead atoms. The summed E-state index contributed by atoms with van der Waals surface area (Å²) < 4.78 is 11.6. The first-order chi connectivity index (χ1) is 9.67. The molecule has 1 aromatic rings. The summed E-state index contributed by atoms with van der Waals surface area (Å²) in [4.78, 5) is 4.69. The van der Waals surface area contributed by atoms with Gasteiger partial charge in [-0.25, -0.2) is 0 Å². The molecule has 0 radical (unpaired) electrons. The van der Waals surface area contributed by atoms with Crippen molar-refractivity contribution in [3.8, 4) is 0 Å². The minimum atomic E-state index is 0.581. The molecule has 0 N–H and O–H groups in total. The van der Waals surface area contributed by atoms with Gasteiger partial charge in [0.1, 0.15) is 11.5 Å². The molecule has 0 unspecified atom stereocenters. The standard InChI is InChI=1S/C16H28N2O2/c1-4-5-15-6-7-16(20-15)12-18-8-9-19-13-14(11-18)10-17(2)3/h6-7,14H,4-5,8-13H2,1-3H3/t14-/m0/s1. The van der Waals surface area contributed by atoms with E-state index in [-0.39, 0.29) is 0 Å². The van der Waals surface area contributed by atoms with Crippen molar-refractivity contribution >= 4 is 0 Å². The molecule has 0 amide bonds. The molecular formula is C16H28N2O2. The monoisotopic (exact) mass is 280 g/mol. The van der Waals surface area contributed by atoms with E-state index < -0.39 is 0 Å². The normalized spacial score (nSPS) is 21.3. The number of ether oxygens (including phenoxy) is 1. The Labute approximate surface area is 122 Å². The minimum Gasteiger partial charge on any atom is -0.465 e. The van der Waals surface area contributed by atoms with Gasteiger partial charge in [-0.05, 0) is 32.6 Å². The van der Waals surface area contributed by atoms with Gasteiger partial charge in [-0.2, -0.15) is 0 Å². The van der Waals surface area contributed by atoms with E-state index in [1.54, 1.807) is 0 Å². The lowest BCUT2D eigenvalue weighted by molar-refractivity contribution is 0.112. The SMILES string of the molecule is CCCc1ccc(CN2CCOC[C@@H](CN(C)C)C2)o1. The fourth-order valence-corrected chi connectivity index (χ4v) is 2.83. The first-order valence-corrected chi connectivity index (χ1v) is 7.69. The van der Waals surface area contributed by atoms with Crippen LogP contribution < -0.4 is 0 Å². The van der Waals surface area contributed by atoms with E-state index in [4.69, 9.17) is 9.15 Å². The van der Waals surface area contributed by atoms with E-state index in [0.717, 1.165) is 63.8 Å². The van der Waals surface area contributed by atoms with Gasteiger partial charge in [-0.3, -0.25) is 4.90 Å². The van der Waals surface area contributed by atoms with Gasteiger partial charge in [0.15, 0.2) is 0 Å². The predicted octanol–water partition coefficient (Wildman–Crippen LogP) is 2.24. The van der Waals surface area contributed by atoms with Gasteiger partial charge in [-0.15, -0.1) is 0 Å². The van der Waals surface area contributed by atoms with Crippen LogP contribution in [0.1, 0.15) is 24.9 Å². The third-order valence-corrected chi connectivity index (χ3v) is 3.64. The molecule has 0 spiro atoms. The molecule has 4 nitrogen and oxygen atoms in total. The smallest absolute Gasteiger partial charge is 0.118 e. The number of furan rings is 1. The molecule has 1 aliphatic heterocycles. The van der Waals surface area contributed by atoms with Crippen LogP contribution in [0.2, 0.25) is 0 Å². The van der Waals surface area contributed by atoms with Crippen LogP contribution in [-0.2, 0) is 17.7 Å². The van der Waals surface area contributed by atoms with Crippen molar-refractivity contribution in [2.75, 3.05) is 46.9 Å². The first-order valence-electron chi connectivity index (χ1n) is 7.69. The summed E-state index contributed by atoms with van der Waals surface area (Å²) >= 11 is 0. The third-order valence-electron chi connectivity index (χ3n) is 3.64. The molecule has 2 heterocycles. The average molecular weight is 280 g/mol. The van der Waals surface area contributed by atoms with E-state index in [9.17, 15) is 0 Å². The van der Waals surface area contributed by atoms with Crippen LogP contribution in [0.25, 0.3) is 0 Å². The van der Waals surface area contributed by atoms with Gasteiger partial charge in [0.25, 0.3) is 0 Å². The Morgan fingerprint density at radius 1 is 1.30 bits per heavy atom. The molecule has 1 saturated heterocycles. The van der Waals surface area contributed by atoms with Crippen molar-refractivity contribution in [1.82, 2.24) is 9.80 Å². The van der Waals surface area contributed by atoms with Crippen LogP contribution in [0, 0.1) is 5.92 Å². The van der Waals surface area contributed by atoms with Gasteiger partial charge in [-0.1, -0.05) is 6.92 Å². The van der Waals surface area contributed by atoms with Gasteiger partial charge in [0, 0.05) is 32.0 Å².